The number of carboxylic acids is 1. The van der Waals surface area contributed by atoms with Crippen molar-refractivity contribution in [1.82, 2.24) is 0 Å². The molecule has 0 amide bonds. The minimum atomic E-state index is -1.28. The lowest BCUT2D eigenvalue weighted by Crippen LogP contribution is -2.35. The fourth-order valence-corrected chi connectivity index (χ4v) is 1.47. The molecule has 0 unspecified atom stereocenters. The summed E-state index contributed by atoms with van der Waals surface area (Å²) >= 11 is 0. The first kappa shape index (κ1) is 10.0. The molecule has 0 spiro atoms. The fraction of sp³-hybridized carbons (Fsp3) is 0.778. The van der Waals surface area contributed by atoms with Crippen LogP contribution in [0.3, 0.4) is 0 Å². The van der Waals surface area contributed by atoms with Crippen molar-refractivity contribution in [3.05, 3.63) is 0 Å². The summed E-state index contributed by atoms with van der Waals surface area (Å²) in [7, 11) is 0. The number of unbranched alkanes of at least 4 members (excludes halogenated alkanes) is 1. The Morgan fingerprint density at radius 3 is 2.85 bits per heavy atom. The molecule has 0 saturated carbocycles. The van der Waals surface area contributed by atoms with Crippen molar-refractivity contribution in [3.8, 4) is 0 Å². The first-order chi connectivity index (χ1) is 6.15. The number of rotatable bonds is 4. The van der Waals surface area contributed by atoms with Crippen molar-refractivity contribution in [2.75, 3.05) is 0 Å². The summed E-state index contributed by atoms with van der Waals surface area (Å²) in [4.78, 5) is 21.5. The van der Waals surface area contributed by atoms with Crippen molar-refractivity contribution in [3.63, 3.8) is 0 Å². The van der Waals surface area contributed by atoms with Crippen molar-refractivity contribution >= 4 is 11.9 Å². The molecule has 0 radical (unpaired) electrons. The van der Waals surface area contributed by atoms with Crippen molar-refractivity contribution < 1.29 is 19.4 Å². The van der Waals surface area contributed by atoms with Gasteiger partial charge >= 0.3 is 5.97 Å². The summed E-state index contributed by atoms with van der Waals surface area (Å²) in [5, 5.41) is 10.4. The molecule has 0 aliphatic carbocycles. The molecule has 1 aliphatic rings. The largest absolute Gasteiger partial charge is 0.546 e. The first-order valence-electron chi connectivity index (χ1n) is 4.56. The number of aliphatic carboxylic acids is 1. The lowest BCUT2D eigenvalue weighted by molar-refractivity contribution is -0.314. The summed E-state index contributed by atoms with van der Waals surface area (Å²) in [6.45, 7) is 2.02. The van der Waals surface area contributed by atoms with Crippen LogP contribution in [0.1, 0.15) is 32.6 Å². The Morgan fingerprint density at radius 1 is 1.69 bits per heavy atom. The van der Waals surface area contributed by atoms with Gasteiger partial charge in [0.1, 0.15) is 6.10 Å². The van der Waals surface area contributed by atoms with Crippen LogP contribution in [0.5, 0.6) is 0 Å². The molecule has 1 rings (SSSR count). The van der Waals surface area contributed by atoms with Gasteiger partial charge in [-0.1, -0.05) is 19.8 Å². The third-order valence-corrected chi connectivity index (χ3v) is 2.26. The maximum Gasteiger partial charge on any atom is 0.309 e. The van der Waals surface area contributed by atoms with Crippen molar-refractivity contribution in [1.29, 1.82) is 0 Å². The Hall–Kier alpha value is -1.06. The molecular formula is C9H13O4-. The summed E-state index contributed by atoms with van der Waals surface area (Å²) in [6, 6.07) is 0. The fourth-order valence-electron chi connectivity index (χ4n) is 1.47. The molecule has 1 fully saturated rings. The zero-order chi connectivity index (χ0) is 9.84. The SMILES string of the molecule is CCCC[C@H]1C[C@H](C(=O)[O-])OC1=O. The van der Waals surface area contributed by atoms with Crippen LogP contribution in [-0.4, -0.2) is 18.0 Å². The average Bonchev–Trinajstić information content (AvgIpc) is 2.44. The number of hydrogen-bond donors (Lipinski definition) is 0. The molecule has 4 nitrogen and oxygen atoms in total. The second-order valence-corrected chi connectivity index (χ2v) is 3.32. The minimum Gasteiger partial charge on any atom is -0.546 e. The molecule has 0 aromatic rings. The van der Waals surface area contributed by atoms with E-state index in [1.54, 1.807) is 0 Å². The molecule has 13 heavy (non-hydrogen) atoms. The van der Waals surface area contributed by atoms with Crippen LogP contribution >= 0.6 is 0 Å². The second-order valence-electron chi connectivity index (χ2n) is 3.32. The van der Waals surface area contributed by atoms with Crippen LogP contribution in [0, 0.1) is 5.92 Å². The highest BCUT2D eigenvalue weighted by Crippen LogP contribution is 2.25. The van der Waals surface area contributed by atoms with Gasteiger partial charge in [0.05, 0.1) is 11.9 Å². The van der Waals surface area contributed by atoms with E-state index in [1.165, 1.54) is 0 Å². The molecule has 1 heterocycles. The topological polar surface area (TPSA) is 66.4 Å². The number of cyclic esters (lactones) is 1. The molecule has 0 aromatic heterocycles. The van der Waals surface area contributed by atoms with Gasteiger partial charge in [-0.05, 0) is 6.42 Å². The Bertz CT molecular complexity index is 212. The quantitative estimate of drug-likeness (QED) is 0.572. The molecule has 1 aliphatic heterocycles. The minimum absolute atomic E-state index is 0.233. The monoisotopic (exact) mass is 185 g/mol. The van der Waals surface area contributed by atoms with Gasteiger partial charge in [0.2, 0.25) is 0 Å². The standard InChI is InChI=1S/C9H14O4/c1-2-3-4-6-5-7(8(10)11)13-9(6)12/h6-7H,2-5H2,1H3,(H,10,11)/p-1/t6-,7+/m0/s1. The molecule has 0 N–H and O–H groups in total. The smallest absolute Gasteiger partial charge is 0.309 e. The van der Waals surface area contributed by atoms with Gasteiger partial charge in [-0.2, -0.15) is 0 Å². The van der Waals surface area contributed by atoms with Gasteiger partial charge in [0.25, 0.3) is 0 Å². The van der Waals surface area contributed by atoms with Crippen LogP contribution in [0.2, 0.25) is 0 Å². The predicted molar refractivity (Wildman–Crippen MR) is 42.5 cm³/mol. The van der Waals surface area contributed by atoms with E-state index in [2.05, 4.69) is 4.74 Å². The summed E-state index contributed by atoms with van der Waals surface area (Å²) in [5.41, 5.74) is 0. The Kier molecular flexibility index (Phi) is 3.28. The molecule has 4 heteroatoms. The maximum absolute atomic E-state index is 11.1. The lowest BCUT2D eigenvalue weighted by atomic mass is 9.98. The number of esters is 1. The van der Waals surface area contributed by atoms with Crippen LogP contribution in [0.4, 0.5) is 0 Å². The molecular weight excluding hydrogens is 172 g/mol. The predicted octanol–water partition coefficient (Wildman–Crippen LogP) is -0.142. The Labute approximate surface area is 76.9 Å². The lowest BCUT2D eigenvalue weighted by Gasteiger charge is -2.08. The normalized spacial score (nSPS) is 27.3. The van der Waals surface area contributed by atoms with Gasteiger partial charge in [0.15, 0.2) is 0 Å². The van der Waals surface area contributed by atoms with Gasteiger partial charge < -0.3 is 14.6 Å². The third kappa shape index (κ3) is 2.44. The van der Waals surface area contributed by atoms with Crippen LogP contribution in [-0.2, 0) is 14.3 Å². The van der Waals surface area contributed by atoms with E-state index in [9.17, 15) is 14.7 Å². The van der Waals surface area contributed by atoms with Crippen LogP contribution in [0.15, 0.2) is 0 Å². The van der Waals surface area contributed by atoms with Crippen LogP contribution in [0.25, 0.3) is 0 Å². The number of hydrogen-bond acceptors (Lipinski definition) is 4. The summed E-state index contributed by atoms with van der Waals surface area (Å²) in [6.07, 6.45) is 1.91. The van der Waals surface area contributed by atoms with Crippen molar-refractivity contribution in [2.45, 2.75) is 38.7 Å². The van der Waals surface area contributed by atoms with E-state index < -0.39 is 12.1 Å². The van der Waals surface area contributed by atoms with Gasteiger partial charge in [-0.3, -0.25) is 4.79 Å². The van der Waals surface area contributed by atoms with E-state index in [0.717, 1.165) is 19.3 Å². The Balaban J connectivity index is 2.42. The van der Waals surface area contributed by atoms with Gasteiger partial charge in [0, 0.05) is 6.42 Å². The molecule has 74 valence electrons. The summed E-state index contributed by atoms with van der Waals surface area (Å²) in [5.74, 6) is -1.90. The highest BCUT2D eigenvalue weighted by Gasteiger charge is 2.34. The number of carbonyl (C=O) groups is 2. The number of carbonyl (C=O) groups excluding carboxylic acids is 2. The van der Waals surface area contributed by atoms with E-state index in [1.807, 2.05) is 6.92 Å². The molecule has 0 aromatic carbocycles. The van der Waals surface area contributed by atoms with E-state index >= 15 is 0 Å². The van der Waals surface area contributed by atoms with Crippen molar-refractivity contribution in [2.24, 2.45) is 5.92 Å². The molecule has 1 saturated heterocycles. The third-order valence-electron chi connectivity index (χ3n) is 2.26. The molecule has 2 atom stereocenters. The zero-order valence-corrected chi connectivity index (χ0v) is 7.62. The number of ether oxygens (including phenoxy) is 1. The van der Waals surface area contributed by atoms with E-state index in [4.69, 9.17) is 0 Å². The van der Waals surface area contributed by atoms with Crippen LogP contribution < -0.4 is 5.11 Å². The highest BCUT2D eigenvalue weighted by molar-refractivity contribution is 5.82. The highest BCUT2D eigenvalue weighted by atomic mass is 16.6. The Morgan fingerprint density at radius 2 is 2.38 bits per heavy atom. The second kappa shape index (κ2) is 4.25. The maximum atomic E-state index is 11.1. The van der Waals surface area contributed by atoms with E-state index in [0.29, 0.717) is 0 Å². The summed E-state index contributed by atoms with van der Waals surface area (Å²) < 4.78 is 4.63. The van der Waals surface area contributed by atoms with Gasteiger partial charge in [-0.25, -0.2) is 0 Å². The first-order valence-corrected chi connectivity index (χ1v) is 4.56. The van der Waals surface area contributed by atoms with E-state index in [-0.39, 0.29) is 18.3 Å². The zero-order valence-electron chi connectivity index (χ0n) is 7.62. The average molecular weight is 185 g/mol. The number of carboxylic acid groups (broad SMARTS) is 1. The van der Waals surface area contributed by atoms with Gasteiger partial charge in [-0.15, -0.1) is 0 Å². The molecule has 0 bridgehead atoms.